The monoisotopic (exact) mass is 205 g/mol. The number of rotatable bonds is 6. The number of nitrogens with two attached hydrogens (primary N) is 1. The molecule has 0 aliphatic carbocycles. The van der Waals surface area contributed by atoms with Crippen LogP contribution in [0.25, 0.3) is 0 Å². The summed E-state index contributed by atoms with van der Waals surface area (Å²) in [6, 6.07) is 10.4. The Morgan fingerprint density at radius 1 is 1.33 bits per heavy atom. The second-order valence-electron chi connectivity index (χ2n) is 3.63. The van der Waals surface area contributed by atoms with E-state index in [9.17, 15) is 0 Å². The topological polar surface area (TPSA) is 53.1 Å². The predicted molar refractivity (Wildman–Crippen MR) is 63.9 cm³/mol. The Hall–Kier alpha value is -1.35. The highest BCUT2D eigenvalue weighted by molar-refractivity contribution is 5.76. The Morgan fingerprint density at radius 2 is 2.00 bits per heavy atom. The standard InChI is InChI=1S/C12H19N3/c1-2-15(9-8-12(13)14)10-11-6-4-3-5-7-11/h3-7H,2,8-10H2,1H3,(H3,13,14). The maximum absolute atomic E-state index is 7.19. The van der Waals surface area contributed by atoms with Gasteiger partial charge in [0.25, 0.3) is 0 Å². The first-order chi connectivity index (χ1) is 7.22. The molecular formula is C12H19N3. The van der Waals surface area contributed by atoms with Gasteiger partial charge in [-0.3, -0.25) is 10.3 Å². The van der Waals surface area contributed by atoms with Crippen molar-refractivity contribution >= 4 is 5.84 Å². The van der Waals surface area contributed by atoms with Crippen molar-refractivity contribution in [1.82, 2.24) is 4.90 Å². The number of benzene rings is 1. The second-order valence-corrected chi connectivity index (χ2v) is 3.63. The molecule has 0 amide bonds. The third-order valence-electron chi connectivity index (χ3n) is 2.39. The molecule has 0 spiro atoms. The van der Waals surface area contributed by atoms with Crippen molar-refractivity contribution in [2.24, 2.45) is 5.73 Å². The summed E-state index contributed by atoms with van der Waals surface area (Å²) in [5, 5.41) is 7.19. The van der Waals surface area contributed by atoms with E-state index in [2.05, 4.69) is 24.0 Å². The summed E-state index contributed by atoms with van der Waals surface area (Å²) >= 11 is 0. The van der Waals surface area contributed by atoms with Gasteiger partial charge in [0.2, 0.25) is 0 Å². The molecule has 1 aromatic carbocycles. The van der Waals surface area contributed by atoms with Crippen molar-refractivity contribution in [1.29, 1.82) is 5.41 Å². The van der Waals surface area contributed by atoms with Gasteiger partial charge in [0.15, 0.2) is 0 Å². The van der Waals surface area contributed by atoms with E-state index in [1.54, 1.807) is 0 Å². The first-order valence-electron chi connectivity index (χ1n) is 5.31. The number of amidine groups is 1. The van der Waals surface area contributed by atoms with Crippen LogP contribution in [0.2, 0.25) is 0 Å². The summed E-state index contributed by atoms with van der Waals surface area (Å²) in [4.78, 5) is 2.29. The zero-order valence-electron chi connectivity index (χ0n) is 9.24. The van der Waals surface area contributed by atoms with Crippen molar-refractivity contribution in [2.45, 2.75) is 19.9 Å². The smallest absolute Gasteiger partial charge is 0.0918 e. The predicted octanol–water partition coefficient (Wildman–Crippen LogP) is 1.83. The van der Waals surface area contributed by atoms with Crippen LogP contribution in [-0.2, 0) is 6.54 Å². The molecule has 0 bridgehead atoms. The van der Waals surface area contributed by atoms with Gasteiger partial charge in [0.05, 0.1) is 5.84 Å². The molecular weight excluding hydrogens is 186 g/mol. The number of hydrogen-bond donors (Lipinski definition) is 2. The van der Waals surface area contributed by atoms with E-state index in [1.165, 1.54) is 5.56 Å². The molecule has 0 atom stereocenters. The van der Waals surface area contributed by atoms with Gasteiger partial charge in [-0.25, -0.2) is 0 Å². The van der Waals surface area contributed by atoms with Crippen LogP contribution in [0.5, 0.6) is 0 Å². The minimum Gasteiger partial charge on any atom is -0.388 e. The van der Waals surface area contributed by atoms with Crippen LogP contribution in [0.15, 0.2) is 30.3 Å². The SMILES string of the molecule is CCN(CCC(=N)N)Cc1ccccc1. The molecule has 15 heavy (non-hydrogen) atoms. The highest BCUT2D eigenvalue weighted by Crippen LogP contribution is 2.04. The lowest BCUT2D eigenvalue weighted by molar-refractivity contribution is 0.288. The summed E-state index contributed by atoms with van der Waals surface area (Å²) in [6.45, 7) is 4.91. The lowest BCUT2D eigenvalue weighted by Gasteiger charge is -2.19. The zero-order valence-corrected chi connectivity index (χ0v) is 9.24. The lowest BCUT2D eigenvalue weighted by Crippen LogP contribution is -2.27. The van der Waals surface area contributed by atoms with Gasteiger partial charge in [-0.1, -0.05) is 37.3 Å². The van der Waals surface area contributed by atoms with E-state index < -0.39 is 0 Å². The molecule has 3 heteroatoms. The first kappa shape index (κ1) is 11.7. The van der Waals surface area contributed by atoms with Gasteiger partial charge in [-0.05, 0) is 12.1 Å². The first-order valence-corrected chi connectivity index (χ1v) is 5.31. The molecule has 3 N–H and O–H groups in total. The number of nitrogens with zero attached hydrogens (tertiary/aromatic N) is 1. The Bertz CT molecular complexity index is 295. The van der Waals surface area contributed by atoms with E-state index >= 15 is 0 Å². The van der Waals surface area contributed by atoms with Crippen molar-refractivity contribution < 1.29 is 0 Å². The van der Waals surface area contributed by atoms with E-state index in [1.807, 2.05) is 18.2 Å². The summed E-state index contributed by atoms with van der Waals surface area (Å²) in [6.07, 6.45) is 0.653. The molecule has 82 valence electrons. The van der Waals surface area contributed by atoms with E-state index in [0.29, 0.717) is 6.42 Å². The fourth-order valence-corrected chi connectivity index (χ4v) is 1.47. The molecule has 0 aliphatic rings. The third kappa shape index (κ3) is 4.61. The average Bonchev–Trinajstić information content (AvgIpc) is 2.25. The Balaban J connectivity index is 2.43. The van der Waals surface area contributed by atoms with Crippen LogP contribution in [0.3, 0.4) is 0 Å². The van der Waals surface area contributed by atoms with Crippen LogP contribution >= 0.6 is 0 Å². The van der Waals surface area contributed by atoms with Crippen molar-refractivity contribution in [3.8, 4) is 0 Å². The Morgan fingerprint density at radius 3 is 2.53 bits per heavy atom. The maximum atomic E-state index is 7.19. The van der Waals surface area contributed by atoms with Crippen molar-refractivity contribution in [3.05, 3.63) is 35.9 Å². The van der Waals surface area contributed by atoms with E-state index in [-0.39, 0.29) is 5.84 Å². The molecule has 0 aromatic heterocycles. The van der Waals surface area contributed by atoms with Crippen LogP contribution in [0, 0.1) is 5.41 Å². The molecule has 0 heterocycles. The lowest BCUT2D eigenvalue weighted by atomic mass is 10.2. The van der Waals surface area contributed by atoms with Crippen LogP contribution < -0.4 is 5.73 Å². The van der Waals surface area contributed by atoms with Gasteiger partial charge in [-0.2, -0.15) is 0 Å². The molecule has 1 rings (SSSR count). The zero-order chi connectivity index (χ0) is 11.1. The molecule has 0 aliphatic heterocycles. The summed E-state index contributed by atoms with van der Waals surface area (Å²) in [7, 11) is 0. The fraction of sp³-hybridized carbons (Fsp3) is 0.417. The Labute approximate surface area is 91.4 Å². The van der Waals surface area contributed by atoms with Gasteiger partial charge < -0.3 is 5.73 Å². The maximum Gasteiger partial charge on any atom is 0.0918 e. The second kappa shape index (κ2) is 6.19. The van der Waals surface area contributed by atoms with E-state index in [4.69, 9.17) is 11.1 Å². The highest BCUT2D eigenvalue weighted by atomic mass is 15.1. The van der Waals surface area contributed by atoms with Gasteiger partial charge >= 0.3 is 0 Å². The molecule has 0 fully saturated rings. The Kier molecular flexibility index (Phi) is 4.84. The normalized spacial score (nSPS) is 10.5. The molecule has 3 nitrogen and oxygen atoms in total. The molecule has 1 aromatic rings. The number of nitrogens with one attached hydrogen (secondary N) is 1. The quantitative estimate of drug-likeness (QED) is 0.550. The average molecular weight is 205 g/mol. The largest absolute Gasteiger partial charge is 0.388 e. The fourth-order valence-electron chi connectivity index (χ4n) is 1.47. The minimum atomic E-state index is 0.265. The van der Waals surface area contributed by atoms with Crippen molar-refractivity contribution in [3.63, 3.8) is 0 Å². The van der Waals surface area contributed by atoms with Gasteiger partial charge in [-0.15, -0.1) is 0 Å². The van der Waals surface area contributed by atoms with Crippen LogP contribution in [-0.4, -0.2) is 23.8 Å². The van der Waals surface area contributed by atoms with Crippen LogP contribution in [0.4, 0.5) is 0 Å². The van der Waals surface area contributed by atoms with Gasteiger partial charge in [0.1, 0.15) is 0 Å². The molecule has 0 saturated heterocycles. The van der Waals surface area contributed by atoms with Crippen molar-refractivity contribution in [2.75, 3.05) is 13.1 Å². The summed E-state index contributed by atoms with van der Waals surface area (Å²) in [5.74, 6) is 0.265. The van der Waals surface area contributed by atoms with Gasteiger partial charge in [0, 0.05) is 19.5 Å². The summed E-state index contributed by atoms with van der Waals surface area (Å²) in [5.41, 5.74) is 6.65. The molecule has 0 saturated carbocycles. The highest BCUT2D eigenvalue weighted by Gasteiger charge is 2.03. The minimum absolute atomic E-state index is 0.265. The molecule has 0 radical (unpaired) electrons. The third-order valence-corrected chi connectivity index (χ3v) is 2.39. The van der Waals surface area contributed by atoms with Crippen LogP contribution in [0.1, 0.15) is 18.9 Å². The molecule has 0 unspecified atom stereocenters. The number of hydrogen-bond acceptors (Lipinski definition) is 2. The van der Waals surface area contributed by atoms with E-state index in [0.717, 1.165) is 19.6 Å². The summed E-state index contributed by atoms with van der Waals surface area (Å²) < 4.78 is 0.